The number of rotatable bonds is 6. The molecule has 0 saturated heterocycles. The van der Waals surface area contributed by atoms with Crippen LogP contribution in [0.5, 0.6) is 0 Å². The zero-order valence-electron chi connectivity index (χ0n) is 6.92. The Hall–Kier alpha value is -0.120. The summed E-state index contributed by atoms with van der Waals surface area (Å²) in [7, 11) is 1.61. The molecule has 0 fully saturated rings. The summed E-state index contributed by atoms with van der Waals surface area (Å²) in [6.07, 6.45) is -0.204. The zero-order chi connectivity index (χ0) is 7.82. The first-order valence-electron chi connectivity index (χ1n) is 3.57. The fourth-order valence-electron chi connectivity index (χ4n) is 0.584. The van der Waals surface area contributed by atoms with Crippen LogP contribution in [0.4, 0.5) is 0 Å². The van der Waals surface area contributed by atoms with Gasteiger partial charge in [0.1, 0.15) is 0 Å². The average molecular weight is 148 g/mol. The maximum absolute atomic E-state index is 5.15. The standard InChI is InChI=1S/C7H16O3/c1-4-9-6-7(8-3)10-5-2/h7H,4-6H2,1-3H3. The molecule has 0 N–H and O–H groups in total. The van der Waals surface area contributed by atoms with E-state index in [9.17, 15) is 0 Å². The minimum absolute atomic E-state index is 0.204. The monoisotopic (exact) mass is 148 g/mol. The normalized spacial score (nSPS) is 13.5. The number of methoxy groups -OCH3 is 1. The molecule has 0 aliphatic carbocycles. The summed E-state index contributed by atoms with van der Waals surface area (Å²) in [6.45, 7) is 5.75. The van der Waals surface area contributed by atoms with Crippen LogP contribution in [0.2, 0.25) is 0 Å². The molecule has 0 saturated carbocycles. The van der Waals surface area contributed by atoms with Crippen molar-refractivity contribution < 1.29 is 14.2 Å². The lowest BCUT2D eigenvalue weighted by atomic mass is 10.6. The van der Waals surface area contributed by atoms with Crippen molar-refractivity contribution in [3.8, 4) is 0 Å². The van der Waals surface area contributed by atoms with Gasteiger partial charge < -0.3 is 14.2 Å². The van der Waals surface area contributed by atoms with Gasteiger partial charge in [-0.15, -0.1) is 0 Å². The quantitative estimate of drug-likeness (QED) is 0.526. The summed E-state index contributed by atoms with van der Waals surface area (Å²) >= 11 is 0. The fraction of sp³-hybridized carbons (Fsp3) is 1.00. The molecule has 0 heterocycles. The SMILES string of the molecule is CCOCC(OC)OCC. The van der Waals surface area contributed by atoms with Crippen LogP contribution in [0, 0.1) is 0 Å². The van der Waals surface area contributed by atoms with E-state index in [4.69, 9.17) is 14.2 Å². The Morgan fingerprint density at radius 2 is 1.90 bits per heavy atom. The summed E-state index contributed by atoms with van der Waals surface area (Å²) in [5, 5.41) is 0. The van der Waals surface area contributed by atoms with Crippen molar-refractivity contribution in [1.82, 2.24) is 0 Å². The maximum Gasteiger partial charge on any atom is 0.180 e. The van der Waals surface area contributed by atoms with Crippen molar-refractivity contribution in [2.24, 2.45) is 0 Å². The van der Waals surface area contributed by atoms with E-state index in [1.165, 1.54) is 0 Å². The zero-order valence-corrected chi connectivity index (χ0v) is 6.92. The fourth-order valence-corrected chi connectivity index (χ4v) is 0.584. The molecule has 0 amide bonds. The Labute approximate surface area is 62.3 Å². The summed E-state index contributed by atoms with van der Waals surface area (Å²) < 4.78 is 15.2. The lowest BCUT2D eigenvalue weighted by molar-refractivity contribution is -0.153. The molecule has 0 rings (SSSR count). The highest BCUT2D eigenvalue weighted by molar-refractivity contribution is 4.37. The first-order chi connectivity index (χ1) is 4.85. The van der Waals surface area contributed by atoms with E-state index in [-0.39, 0.29) is 6.29 Å². The second-order valence-electron chi connectivity index (χ2n) is 1.78. The van der Waals surface area contributed by atoms with Crippen LogP contribution in [0.1, 0.15) is 13.8 Å². The highest BCUT2D eigenvalue weighted by atomic mass is 16.7. The summed E-state index contributed by atoms with van der Waals surface area (Å²) in [6, 6.07) is 0. The van der Waals surface area contributed by atoms with E-state index < -0.39 is 0 Å². The third-order valence-corrected chi connectivity index (χ3v) is 1.07. The number of hydrogen-bond donors (Lipinski definition) is 0. The first kappa shape index (κ1) is 9.88. The molecule has 62 valence electrons. The van der Waals surface area contributed by atoms with Crippen LogP contribution in [0.3, 0.4) is 0 Å². The smallest absolute Gasteiger partial charge is 0.180 e. The van der Waals surface area contributed by atoms with E-state index in [2.05, 4.69) is 0 Å². The van der Waals surface area contributed by atoms with Crippen molar-refractivity contribution in [3.63, 3.8) is 0 Å². The van der Waals surface area contributed by atoms with Gasteiger partial charge in [-0.3, -0.25) is 0 Å². The van der Waals surface area contributed by atoms with Crippen molar-refractivity contribution in [3.05, 3.63) is 0 Å². The predicted octanol–water partition coefficient (Wildman–Crippen LogP) is 1.03. The van der Waals surface area contributed by atoms with Gasteiger partial charge in [-0.05, 0) is 13.8 Å². The van der Waals surface area contributed by atoms with Gasteiger partial charge in [-0.25, -0.2) is 0 Å². The molecular weight excluding hydrogens is 132 g/mol. The second-order valence-corrected chi connectivity index (χ2v) is 1.78. The van der Waals surface area contributed by atoms with Crippen LogP contribution in [0.15, 0.2) is 0 Å². The predicted molar refractivity (Wildman–Crippen MR) is 38.9 cm³/mol. The molecule has 0 radical (unpaired) electrons. The van der Waals surface area contributed by atoms with Crippen molar-refractivity contribution in [1.29, 1.82) is 0 Å². The van der Waals surface area contributed by atoms with Gasteiger partial charge in [0.05, 0.1) is 6.61 Å². The minimum atomic E-state index is -0.204. The van der Waals surface area contributed by atoms with E-state index >= 15 is 0 Å². The Morgan fingerprint density at radius 1 is 1.20 bits per heavy atom. The van der Waals surface area contributed by atoms with Crippen molar-refractivity contribution in [2.75, 3.05) is 26.9 Å². The molecule has 0 aromatic rings. The molecule has 3 nitrogen and oxygen atoms in total. The number of hydrogen-bond acceptors (Lipinski definition) is 3. The molecular formula is C7H16O3. The molecule has 0 spiro atoms. The van der Waals surface area contributed by atoms with Gasteiger partial charge in [-0.2, -0.15) is 0 Å². The number of ether oxygens (including phenoxy) is 3. The summed E-state index contributed by atoms with van der Waals surface area (Å²) in [5.74, 6) is 0. The molecule has 10 heavy (non-hydrogen) atoms. The summed E-state index contributed by atoms with van der Waals surface area (Å²) in [5.41, 5.74) is 0. The Morgan fingerprint density at radius 3 is 2.30 bits per heavy atom. The highest BCUT2D eigenvalue weighted by Gasteiger charge is 2.04. The second kappa shape index (κ2) is 6.99. The van der Waals surface area contributed by atoms with E-state index in [1.807, 2.05) is 13.8 Å². The summed E-state index contributed by atoms with van der Waals surface area (Å²) in [4.78, 5) is 0. The molecule has 0 bridgehead atoms. The van der Waals surface area contributed by atoms with E-state index in [0.717, 1.165) is 0 Å². The average Bonchev–Trinajstić information content (AvgIpc) is 1.98. The van der Waals surface area contributed by atoms with Crippen LogP contribution >= 0.6 is 0 Å². The third-order valence-electron chi connectivity index (χ3n) is 1.07. The van der Waals surface area contributed by atoms with Gasteiger partial charge in [0.2, 0.25) is 0 Å². The van der Waals surface area contributed by atoms with E-state index in [0.29, 0.717) is 19.8 Å². The van der Waals surface area contributed by atoms with Crippen LogP contribution < -0.4 is 0 Å². The van der Waals surface area contributed by atoms with Gasteiger partial charge in [0.15, 0.2) is 6.29 Å². The Bertz CT molecular complexity index is 65.9. The molecule has 0 aliphatic heterocycles. The third kappa shape index (κ3) is 4.73. The molecule has 0 aromatic heterocycles. The molecule has 0 aliphatic rings. The Balaban J connectivity index is 3.21. The highest BCUT2D eigenvalue weighted by Crippen LogP contribution is 1.93. The molecule has 1 atom stereocenters. The van der Waals surface area contributed by atoms with Crippen LogP contribution in [-0.4, -0.2) is 33.2 Å². The lowest BCUT2D eigenvalue weighted by Crippen LogP contribution is -2.21. The van der Waals surface area contributed by atoms with Gasteiger partial charge >= 0.3 is 0 Å². The molecule has 1 unspecified atom stereocenters. The minimum Gasteiger partial charge on any atom is -0.376 e. The maximum atomic E-state index is 5.15. The van der Waals surface area contributed by atoms with Gasteiger partial charge in [-0.1, -0.05) is 0 Å². The molecule has 3 heteroatoms. The van der Waals surface area contributed by atoms with Crippen LogP contribution in [0.25, 0.3) is 0 Å². The molecule has 0 aromatic carbocycles. The van der Waals surface area contributed by atoms with E-state index in [1.54, 1.807) is 7.11 Å². The first-order valence-corrected chi connectivity index (χ1v) is 3.57. The topological polar surface area (TPSA) is 27.7 Å². The lowest BCUT2D eigenvalue weighted by Gasteiger charge is -2.13. The van der Waals surface area contributed by atoms with Gasteiger partial charge in [0.25, 0.3) is 0 Å². The van der Waals surface area contributed by atoms with Crippen molar-refractivity contribution in [2.45, 2.75) is 20.1 Å². The van der Waals surface area contributed by atoms with Crippen molar-refractivity contribution >= 4 is 0 Å². The van der Waals surface area contributed by atoms with Crippen LogP contribution in [-0.2, 0) is 14.2 Å². The van der Waals surface area contributed by atoms with Gasteiger partial charge in [0, 0.05) is 20.3 Å². The largest absolute Gasteiger partial charge is 0.376 e. The Kier molecular flexibility index (Phi) is 6.91.